The van der Waals surface area contributed by atoms with Crippen molar-refractivity contribution in [2.45, 2.75) is 5.03 Å². The van der Waals surface area contributed by atoms with Gasteiger partial charge in [-0.25, -0.2) is 18.2 Å². The normalized spacial score (nSPS) is 11.0. The molecule has 3 aromatic rings. The molecule has 0 bridgehead atoms. The molecule has 0 saturated carbocycles. The molecule has 0 fully saturated rings. The maximum atomic E-state index is 13.6. The number of carbonyl (C=O) groups is 1. The molecule has 0 aliphatic carbocycles. The third-order valence-corrected chi connectivity index (χ3v) is 4.84. The Morgan fingerprint density at radius 2 is 2.12 bits per heavy atom. The largest absolute Gasteiger partial charge is 0.618 e. The van der Waals surface area contributed by atoms with Crippen molar-refractivity contribution in [1.82, 2.24) is 4.98 Å². The van der Waals surface area contributed by atoms with Crippen molar-refractivity contribution in [3.05, 3.63) is 53.1 Å². The molecule has 0 aliphatic rings. The highest BCUT2D eigenvalue weighted by Gasteiger charge is 2.18. The molecule has 24 heavy (non-hydrogen) atoms. The minimum absolute atomic E-state index is 0.0163. The van der Waals surface area contributed by atoms with Gasteiger partial charge in [0.1, 0.15) is 5.52 Å². The first kappa shape index (κ1) is 16.5. The molecule has 0 unspecified atom stereocenters. The third-order valence-electron chi connectivity index (χ3n) is 2.91. The number of pyridine rings is 1. The molecule has 124 valence electrons. The van der Waals surface area contributed by atoms with Gasteiger partial charge in [-0.05, 0) is 23.9 Å². The average molecular weight is 371 g/mol. The number of nitrogens with zero attached hydrogens (tertiary/aromatic N) is 2. The Bertz CT molecular complexity index is 933. The average Bonchev–Trinajstić information content (AvgIpc) is 2.94. The quantitative estimate of drug-likeness (QED) is 0.331. The fourth-order valence-electron chi connectivity index (χ4n) is 1.85. The zero-order valence-electron chi connectivity index (χ0n) is 11.8. The van der Waals surface area contributed by atoms with E-state index in [0.29, 0.717) is 9.76 Å². The fourth-order valence-corrected chi connectivity index (χ4v) is 3.47. The van der Waals surface area contributed by atoms with Crippen LogP contribution in [-0.2, 0) is 4.79 Å². The van der Waals surface area contributed by atoms with Crippen LogP contribution in [0.1, 0.15) is 0 Å². The van der Waals surface area contributed by atoms with Gasteiger partial charge in [-0.2, -0.15) is 4.73 Å². The van der Waals surface area contributed by atoms with Gasteiger partial charge in [0.25, 0.3) is 5.03 Å². The Balaban J connectivity index is 1.72. The van der Waals surface area contributed by atoms with Crippen LogP contribution in [0.4, 0.5) is 18.3 Å². The second-order valence-electron chi connectivity index (χ2n) is 4.55. The molecule has 0 aliphatic heterocycles. The summed E-state index contributed by atoms with van der Waals surface area (Å²) in [4.78, 5) is 15.6. The van der Waals surface area contributed by atoms with Gasteiger partial charge in [-0.15, -0.1) is 0 Å². The highest BCUT2D eigenvalue weighted by Crippen LogP contribution is 2.30. The standard InChI is InChI=1S/C14H8F3N3O2S2/c15-7-5-8-13(12(17)11(7)16)19-14(24-8)18-9(21)6-23-10-3-1-2-4-20(10)22/h1-5H,6H2,(H,18,19,21). The number of nitrogens with one attached hydrogen (secondary N) is 1. The summed E-state index contributed by atoms with van der Waals surface area (Å²) in [5.41, 5.74) is -0.345. The smallest absolute Gasteiger partial charge is 0.251 e. The lowest BCUT2D eigenvalue weighted by atomic mass is 10.3. The maximum absolute atomic E-state index is 13.6. The monoisotopic (exact) mass is 371 g/mol. The molecular formula is C14H8F3N3O2S2. The van der Waals surface area contributed by atoms with Crippen molar-refractivity contribution in [3.8, 4) is 0 Å². The topological polar surface area (TPSA) is 68.9 Å². The molecule has 5 nitrogen and oxygen atoms in total. The first-order chi connectivity index (χ1) is 11.5. The SMILES string of the molecule is O=C(CSc1cccc[n+]1[O-])Nc1nc2c(F)c(F)c(F)cc2s1. The number of aromatic nitrogens is 2. The number of carbonyl (C=O) groups excluding carboxylic acids is 1. The van der Waals surface area contributed by atoms with Crippen LogP contribution in [0.15, 0.2) is 35.5 Å². The fraction of sp³-hybridized carbons (Fsp3) is 0.0714. The molecule has 0 saturated heterocycles. The lowest BCUT2D eigenvalue weighted by molar-refractivity contribution is -0.645. The molecule has 2 heterocycles. The summed E-state index contributed by atoms with van der Waals surface area (Å²) < 4.78 is 40.6. The number of thiazole rings is 1. The molecule has 1 N–H and O–H groups in total. The van der Waals surface area contributed by atoms with Gasteiger partial charge >= 0.3 is 0 Å². The zero-order chi connectivity index (χ0) is 17.3. The number of rotatable bonds is 4. The minimum atomic E-state index is -1.61. The number of halogens is 3. The lowest BCUT2D eigenvalue weighted by Crippen LogP contribution is -2.28. The molecular weight excluding hydrogens is 363 g/mol. The van der Waals surface area contributed by atoms with Gasteiger partial charge in [0.2, 0.25) is 5.91 Å². The van der Waals surface area contributed by atoms with E-state index in [-0.39, 0.29) is 21.1 Å². The van der Waals surface area contributed by atoms with Crippen molar-refractivity contribution in [2.75, 3.05) is 11.1 Å². The molecule has 2 aromatic heterocycles. The number of anilines is 1. The first-order valence-electron chi connectivity index (χ1n) is 6.50. The molecule has 1 aromatic carbocycles. The van der Waals surface area contributed by atoms with E-state index in [9.17, 15) is 23.2 Å². The highest BCUT2D eigenvalue weighted by atomic mass is 32.2. The Labute approximate surface area is 141 Å². The highest BCUT2D eigenvalue weighted by molar-refractivity contribution is 7.99. The van der Waals surface area contributed by atoms with E-state index in [2.05, 4.69) is 10.3 Å². The van der Waals surface area contributed by atoms with Crippen LogP contribution in [-0.4, -0.2) is 16.6 Å². The van der Waals surface area contributed by atoms with Crippen LogP contribution in [0.25, 0.3) is 10.2 Å². The molecule has 0 atom stereocenters. The van der Waals surface area contributed by atoms with Crippen molar-refractivity contribution in [2.24, 2.45) is 0 Å². The van der Waals surface area contributed by atoms with Gasteiger partial charge in [0, 0.05) is 12.1 Å². The molecule has 3 rings (SSSR count). The molecule has 0 radical (unpaired) electrons. The van der Waals surface area contributed by atoms with Crippen LogP contribution >= 0.6 is 23.1 Å². The predicted molar refractivity (Wildman–Crippen MR) is 84.2 cm³/mol. The van der Waals surface area contributed by atoms with E-state index in [4.69, 9.17) is 0 Å². The summed E-state index contributed by atoms with van der Waals surface area (Å²) >= 11 is 1.83. The van der Waals surface area contributed by atoms with E-state index in [0.717, 1.165) is 29.2 Å². The molecule has 0 spiro atoms. The first-order valence-corrected chi connectivity index (χ1v) is 8.31. The van der Waals surface area contributed by atoms with E-state index < -0.39 is 23.4 Å². The van der Waals surface area contributed by atoms with Crippen molar-refractivity contribution in [3.63, 3.8) is 0 Å². The second-order valence-corrected chi connectivity index (χ2v) is 6.58. The Kier molecular flexibility index (Phi) is 4.58. The molecule has 1 amide bonds. The van der Waals surface area contributed by atoms with Crippen LogP contribution in [0.2, 0.25) is 0 Å². The number of hydrogen-bond acceptors (Lipinski definition) is 5. The van der Waals surface area contributed by atoms with E-state index >= 15 is 0 Å². The summed E-state index contributed by atoms with van der Waals surface area (Å²) in [6.07, 6.45) is 1.31. The summed E-state index contributed by atoms with van der Waals surface area (Å²) in [6.45, 7) is 0. The van der Waals surface area contributed by atoms with E-state index in [1.54, 1.807) is 18.2 Å². The number of amides is 1. The van der Waals surface area contributed by atoms with Gasteiger partial charge < -0.3 is 10.5 Å². The van der Waals surface area contributed by atoms with E-state index in [1.165, 1.54) is 6.20 Å². The lowest BCUT2D eigenvalue weighted by Gasteiger charge is -2.03. The summed E-state index contributed by atoms with van der Waals surface area (Å²) in [7, 11) is 0. The number of hydrogen-bond donors (Lipinski definition) is 1. The van der Waals surface area contributed by atoms with Crippen LogP contribution in [0.5, 0.6) is 0 Å². The summed E-state index contributed by atoms with van der Waals surface area (Å²) in [5, 5.41) is 14.2. The van der Waals surface area contributed by atoms with Crippen molar-refractivity contribution < 1.29 is 22.7 Å². The van der Waals surface area contributed by atoms with E-state index in [1.807, 2.05) is 0 Å². The van der Waals surface area contributed by atoms with Crippen molar-refractivity contribution in [1.29, 1.82) is 0 Å². The maximum Gasteiger partial charge on any atom is 0.251 e. The summed E-state index contributed by atoms with van der Waals surface area (Å²) in [5.74, 6) is -4.88. The van der Waals surface area contributed by atoms with Gasteiger partial charge in [0.15, 0.2) is 28.8 Å². The third kappa shape index (κ3) is 3.29. The number of fused-ring (bicyclic) bond motifs is 1. The zero-order valence-corrected chi connectivity index (χ0v) is 13.4. The van der Waals surface area contributed by atoms with Crippen LogP contribution < -0.4 is 10.0 Å². The van der Waals surface area contributed by atoms with Crippen molar-refractivity contribution >= 4 is 44.4 Å². The minimum Gasteiger partial charge on any atom is -0.618 e. The van der Waals surface area contributed by atoms with Gasteiger partial charge in [-0.1, -0.05) is 11.3 Å². The number of benzene rings is 1. The van der Waals surface area contributed by atoms with Gasteiger partial charge in [-0.3, -0.25) is 4.79 Å². The Hall–Kier alpha value is -2.33. The Morgan fingerprint density at radius 1 is 1.33 bits per heavy atom. The molecule has 10 heteroatoms. The van der Waals surface area contributed by atoms with Crippen LogP contribution in [0.3, 0.4) is 0 Å². The van der Waals surface area contributed by atoms with Crippen LogP contribution in [0, 0.1) is 22.7 Å². The van der Waals surface area contributed by atoms with Gasteiger partial charge in [0.05, 0.1) is 10.5 Å². The predicted octanol–water partition coefficient (Wildman–Crippen LogP) is 3.08. The summed E-state index contributed by atoms with van der Waals surface area (Å²) in [6, 6.07) is 5.60. The number of thioether (sulfide) groups is 1. The second kappa shape index (κ2) is 6.65. The Morgan fingerprint density at radius 3 is 2.88 bits per heavy atom.